The van der Waals surface area contributed by atoms with Gasteiger partial charge >= 0.3 is 0 Å². The van der Waals surface area contributed by atoms with Gasteiger partial charge in [0.15, 0.2) is 0 Å². The molecule has 2 aromatic rings. The van der Waals surface area contributed by atoms with Gasteiger partial charge < -0.3 is 0 Å². The number of benzene rings is 2. The van der Waals surface area contributed by atoms with Gasteiger partial charge in [-0.25, -0.2) is 0 Å². The number of hydrogen-bond acceptors (Lipinski definition) is 4. The van der Waals surface area contributed by atoms with Gasteiger partial charge in [0.05, 0.1) is 11.2 Å². The molecule has 6 heteroatoms. The molecule has 2 aromatic carbocycles. The number of fused-ring (bicyclic) bond motifs is 3. The van der Waals surface area contributed by atoms with Gasteiger partial charge in [0, 0.05) is 11.3 Å². The Labute approximate surface area is 160 Å². The van der Waals surface area contributed by atoms with Crippen molar-refractivity contribution in [2.24, 2.45) is 16.7 Å². The Morgan fingerprint density at radius 2 is 1.81 bits per heavy atom. The van der Waals surface area contributed by atoms with E-state index in [1.165, 1.54) is 10.8 Å². The Morgan fingerprint density at radius 1 is 1.15 bits per heavy atom. The molecule has 0 spiro atoms. The third-order valence-corrected chi connectivity index (χ3v) is 7.44. The number of ketones is 1. The quantitative estimate of drug-likeness (QED) is 0.587. The molecule has 0 amide bonds. The Morgan fingerprint density at radius 3 is 2.35 bits per heavy atom. The highest BCUT2D eigenvalue weighted by Gasteiger charge is 2.65. The van der Waals surface area contributed by atoms with E-state index in [9.17, 15) is 13.2 Å². The second-order valence-electron chi connectivity index (χ2n) is 7.92. The highest BCUT2D eigenvalue weighted by molar-refractivity contribution is 7.85. The molecule has 0 unspecified atom stereocenters. The van der Waals surface area contributed by atoms with E-state index in [0.717, 1.165) is 11.3 Å². The van der Waals surface area contributed by atoms with Crippen LogP contribution < -0.4 is 0 Å². The molecule has 0 aliphatic heterocycles. The second-order valence-corrected chi connectivity index (χ2v) is 9.89. The zero-order chi connectivity index (χ0) is 19.2. The molecule has 26 heavy (non-hydrogen) atoms. The van der Waals surface area contributed by atoms with Crippen molar-refractivity contribution in [3.05, 3.63) is 42.5 Å². The molecule has 0 heterocycles. The first-order chi connectivity index (χ1) is 12.1. The zero-order valence-electron chi connectivity index (χ0n) is 15.0. The van der Waals surface area contributed by atoms with Gasteiger partial charge in [0.1, 0.15) is 5.78 Å². The molecule has 2 atom stereocenters. The number of thiol groups is 1. The van der Waals surface area contributed by atoms with Crippen molar-refractivity contribution in [2.45, 2.75) is 38.0 Å². The van der Waals surface area contributed by atoms with E-state index in [1.54, 1.807) is 0 Å². The number of carbonyl (C=O) groups is 1. The summed E-state index contributed by atoms with van der Waals surface area (Å²) in [5, 5.41) is 2.52. The van der Waals surface area contributed by atoms with E-state index in [0.29, 0.717) is 12.8 Å². The lowest BCUT2D eigenvalue weighted by Gasteiger charge is -2.35. The Kier molecular flexibility index (Phi) is 4.97. The molecule has 2 aliphatic carbocycles. The average Bonchev–Trinajstić information content (AvgIpc) is 2.88. The molecule has 0 radical (unpaired) electrons. The summed E-state index contributed by atoms with van der Waals surface area (Å²) in [5.74, 6) is -0.101. The summed E-state index contributed by atoms with van der Waals surface area (Å²) in [6, 6.07) is 14.4. The van der Waals surface area contributed by atoms with E-state index in [-0.39, 0.29) is 17.1 Å². The van der Waals surface area contributed by atoms with E-state index < -0.39 is 21.3 Å². The molecular formula is C20H24O4S2. The number of Topliss-reactive ketones (excluding diaryl/α,β-unsaturated/α-hetero) is 1. The molecule has 2 bridgehead atoms. The lowest BCUT2D eigenvalue weighted by molar-refractivity contribution is -0.128. The molecule has 4 rings (SSSR count). The number of carbonyl (C=O) groups excluding carboxylic acids is 1. The molecule has 1 N–H and O–H groups in total. The van der Waals surface area contributed by atoms with Crippen molar-refractivity contribution >= 4 is 39.3 Å². The van der Waals surface area contributed by atoms with Crippen LogP contribution in [0.1, 0.15) is 33.1 Å². The maximum atomic E-state index is 11.9. The summed E-state index contributed by atoms with van der Waals surface area (Å²) in [6.45, 7) is 3.89. The monoisotopic (exact) mass is 392 g/mol. The van der Waals surface area contributed by atoms with Gasteiger partial charge in [-0.15, -0.1) is 12.6 Å². The fourth-order valence-corrected chi connectivity index (χ4v) is 6.11. The van der Waals surface area contributed by atoms with Crippen LogP contribution in [-0.4, -0.2) is 24.5 Å². The van der Waals surface area contributed by atoms with Crippen molar-refractivity contribution in [3.63, 3.8) is 0 Å². The standard InChI is InChI=1S/C10H16O4S.C10H8S/c1-9(2)7-3-4-10(9,8(11)5-7)6-15(12,13)14;11-10-6-5-8-3-1-2-4-9(8)7-10/h7H,3-6H2,1-2H3,(H,12,13,14);1-7,11H/t7-,10-;/m1./s1. The molecule has 4 nitrogen and oxygen atoms in total. The normalized spacial score (nSPS) is 26.6. The average molecular weight is 393 g/mol. The lowest BCUT2D eigenvalue weighted by Crippen LogP contribution is -2.42. The third kappa shape index (κ3) is 3.42. The molecule has 2 fully saturated rings. The Balaban J connectivity index is 0.000000158. The van der Waals surface area contributed by atoms with Crippen LogP contribution in [0.2, 0.25) is 0 Å². The van der Waals surface area contributed by atoms with Crippen LogP contribution in [0.15, 0.2) is 47.4 Å². The maximum Gasteiger partial charge on any atom is 0.265 e. The largest absolute Gasteiger partial charge is 0.299 e. The smallest absolute Gasteiger partial charge is 0.265 e. The first-order valence-electron chi connectivity index (χ1n) is 8.71. The Hall–Kier alpha value is -1.37. The van der Waals surface area contributed by atoms with E-state index in [4.69, 9.17) is 4.55 Å². The minimum Gasteiger partial charge on any atom is -0.299 e. The van der Waals surface area contributed by atoms with Gasteiger partial charge in [0.25, 0.3) is 10.1 Å². The number of hydrogen-bond donors (Lipinski definition) is 2. The molecular weight excluding hydrogens is 368 g/mol. The van der Waals surface area contributed by atoms with Crippen LogP contribution in [0.3, 0.4) is 0 Å². The SMILES string of the molecule is CC1(C)[C@@H]2CC[C@@]1(CS(=O)(=O)O)C(=O)C2.Sc1ccc2ccccc2c1. The van der Waals surface area contributed by atoms with E-state index in [1.807, 2.05) is 32.0 Å². The molecule has 2 aliphatic rings. The number of rotatable bonds is 2. The van der Waals surface area contributed by atoms with Gasteiger partial charge in [-0.3, -0.25) is 9.35 Å². The second kappa shape index (κ2) is 6.66. The predicted octanol–water partition coefficient (Wildman–Crippen LogP) is 4.40. The third-order valence-electron chi connectivity index (χ3n) is 6.30. The van der Waals surface area contributed by atoms with Gasteiger partial charge in [-0.1, -0.05) is 44.2 Å². The summed E-state index contributed by atoms with van der Waals surface area (Å²) in [6.07, 6.45) is 1.97. The summed E-state index contributed by atoms with van der Waals surface area (Å²) >= 11 is 4.26. The van der Waals surface area contributed by atoms with Gasteiger partial charge in [0.2, 0.25) is 0 Å². The van der Waals surface area contributed by atoms with E-state index in [2.05, 4.69) is 36.9 Å². The van der Waals surface area contributed by atoms with Crippen molar-refractivity contribution in [1.82, 2.24) is 0 Å². The first kappa shape index (κ1) is 19.4. The summed E-state index contributed by atoms with van der Waals surface area (Å²) in [5.41, 5.74) is -1.12. The minimum absolute atomic E-state index is 0.0152. The minimum atomic E-state index is -4.08. The highest BCUT2D eigenvalue weighted by atomic mass is 32.2. The van der Waals surface area contributed by atoms with Crippen LogP contribution in [0.5, 0.6) is 0 Å². The molecule has 0 saturated heterocycles. The maximum absolute atomic E-state index is 11.9. The summed E-state index contributed by atoms with van der Waals surface area (Å²) in [7, 11) is -4.08. The Bertz CT molecular complexity index is 949. The van der Waals surface area contributed by atoms with Crippen LogP contribution in [0.4, 0.5) is 0 Å². The van der Waals surface area contributed by atoms with Crippen molar-refractivity contribution in [3.8, 4) is 0 Å². The predicted molar refractivity (Wildman–Crippen MR) is 106 cm³/mol. The summed E-state index contributed by atoms with van der Waals surface area (Å²) in [4.78, 5) is 12.9. The fraction of sp³-hybridized carbons (Fsp3) is 0.450. The first-order valence-corrected chi connectivity index (χ1v) is 10.8. The van der Waals surface area contributed by atoms with E-state index >= 15 is 0 Å². The van der Waals surface area contributed by atoms with Crippen molar-refractivity contribution in [1.29, 1.82) is 0 Å². The molecule has 140 valence electrons. The lowest BCUT2D eigenvalue weighted by atomic mass is 9.70. The fourth-order valence-electron chi connectivity index (χ4n) is 4.60. The van der Waals surface area contributed by atoms with Gasteiger partial charge in [-0.2, -0.15) is 8.42 Å². The van der Waals surface area contributed by atoms with Crippen LogP contribution in [0.25, 0.3) is 10.8 Å². The molecule has 0 aromatic heterocycles. The summed E-state index contributed by atoms with van der Waals surface area (Å²) < 4.78 is 31.0. The van der Waals surface area contributed by atoms with Crippen LogP contribution in [-0.2, 0) is 14.9 Å². The van der Waals surface area contributed by atoms with Crippen molar-refractivity contribution < 1.29 is 17.8 Å². The molecule has 2 saturated carbocycles. The zero-order valence-corrected chi connectivity index (χ0v) is 16.7. The van der Waals surface area contributed by atoms with Crippen LogP contribution in [0, 0.1) is 16.7 Å². The van der Waals surface area contributed by atoms with Crippen LogP contribution >= 0.6 is 12.6 Å². The topological polar surface area (TPSA) is 71.4 Å². The highest BCUT2D eigenvalue weighted by Crippen LogP contribution is 2.64. The van der Waals surface area contributed by atoms with Gasteiger partial charge in [-0.05, 0) is 47.1 Å². The van der Waals surface area contributed by atoms with Crippen molar-refractivity contribution in [2.75, 3.05) is 5.75 Å².